The maximum Gasteiger partial charge on any atom is 0.257 e. The van der Waals surface area contributed by atoms with Crippen LogP contribution in [0.25, 0.3) is 0 Å². The summed E-state index contributed by atoms with van der Waals surface area (Å²) in [5.74, 6) is 1.13. The first kappa shape index (κ1) is 18.0. The van der Waals surface area contributed by atoms with Gasteiger partial charge in [-0.15, -0.1) is 0 Å². The van der Waals surface area contributed by atoms with Crippen LogP contribution >= 0.6 is 0 Å². The van der Waals surface area contributed by atoms with E-state index in [1.807, 2.05) is 24.3 Å². The first-order valence-corrected chi connectivity index (χ1v) is 8.30. The number of amides is 1. The minimum absolute atomic E-state index is 0.0421. The smallest absolute Gasteiger partial charge is 0.257 e. The first-order valence-electron chi connectivity index (χ1n) is 8.30. The van der Waals surface area contributed by atoms with E-state index in [4.69, 9.17) is 4.74 Å². The van der Waals surface area contributed by atoms with E-state index in [1.54, 1.807) is 7.05 Å². The second-order valence-corrected chi connectivity index (χ2v) is 6.11. The molecular formula is C20H26N2O2. The van der Waals surface area contributed by atoms with Gasteiger partial charge in [-0.2, -0.15) is 0 Å². The van der Waals surface area contributed by atoms with Gasteiger partial charge in [0.2, 0.25) is 0 Å². The summed E-state index contributed by atoms with van der Waals surface area (Å²) >= 11 is 0. The molecule has 2 aromatic carbocycles. The molecule has 2 rings (SSSR count). The Morgan fingerprint density at radius 3 is 2.00 bits per heavy atom. The average molecular weight is 326 g/mol. The van der Waals surface area contributed by atoms with Crippen LogP contribution < -0.4 is 15.4 Å². The Morgan fingerprint density at radius 1 is 0.958 bits per heavy atom. The Labute approximate surface area is 144 Å². The van der Waals surface area contributed by atoms with Gasteiger partial charge in [-0.1, -0.05) is 50.2 Å². The molecule has 0 aliphatic heterocycles. The zero-order valence-corrected chi connectivity index (χ0v) is 14.6. The van der Waals surface area contributed by atoms with Crippen molar-refractivity contribution in [3.05, 3.63) is 65.2 Å². The van der Waals surface area contributed by atoms with Gasteiger partial charge in [-0.3, -0.25) is 4.79 Å². The molecule has 2 N–H and O–H groups in total. The number of carbonyl (C=O) groups is 1. The number of nitrogens with one attached hydrogen (secondary N) is 2. The SMILES string of the molecule is CNC(=O)COc1ccc(CNCc2ccc(C(C)C)cc2)cc1. The van der Waals surface area contributed by atoms with Crippen LogP contribution in [0.4, 0.5) is 0 Å². The monoisotopic (exact) mass is 326 g/mol. The molecule has 0 saturated heterocycles. The molecule has 0 fully saturated rings. The predicted octanol–water partition coefficient (Wildman–Crippen LogP) is 3.22. The lowest BCUT2D eigenvalue weighted by atomic mass is 10.0. The molecule has 0 aliphatic rings. The standard InChI is InChI=1S/C20H26N2O2/c1-15(2)18-8-4-16(5-9-18)12-22-13-17-6-10-19(11-7-17)24-14-20(23)21-3/h4-11,15,22H,12-14H2,1-3H3,(H,21,23). The molecule has 128 valence electrons. The molecule has 0 atom stereocenters. The maximum atomic E-state index is 11.1. The van der Waals surface area contributed by atoms with Crippen LogP contribution in [0.1, 0.15) is 36.5 Å². The third-order valence-electron chi connectivity index (χ3n) is 3.88. The molecular weight excluding hydrogens is 300 g/mol. The highest BCUT2D eigenvalue weighted by Gasteiger charge is 2.01. The van der Waals surface area contributed by atoms with E-state index in [0.717, 1.165) is 13.1 Å². The third kappa shape index (κ3) is 5.70. The lowest BCUT2D eigenvalue weighted by molar-refractivity contribution is -0.122. The van der Waals surface area contributed by atoms with Gasteiger partial charge in [-0.25, -0.2) is 0 Å². The zero-order valence-electron chi connectivity index (χ0n) is 14.6. The van der Waals surface area contributed by atoms with Gasteiger partial charge >= 0.3 is 0 Å². The highest BCUT2D eigenvalue weighted by atomic mass is 16.5. The van der Waals surface area contributed by atoms with Gasteiger partial charge in [0, 0.05) is 20.1 Å². The molecule has 0 saturated carbocycles. The quantitative estimate of drug-likeness (QED) is 0.783. The van der Waals surface area contributed by atoms with Crippen LogP contribution in [0.2, 0.25) is 0 Å². The largest absolute Gasteiger partial charge is 0.484 e. The highest BCUT2D eigenvalue weighted by molar-refractivity contribution is 5.77. The summed E-state index contributed by atoms with van der Waals surface area (Å²) in [6.07, 6.45) is 0. The average Bonchev–Trinajstić information content (AvgIpc) is 2.61. The number of hydrogen-bond acceptors (Lipinski definition) is 3. The molecule has 0 aliphatic carbocycles. The van der Waals surface area contributed by atoms with Crippen LogP contribution in [0.15, 0.2) is 48.5 Å². The Kier molecular flexibility index (Phi) is 6.82. The lowest BCUT2D eigenvalue weighted by Crippen LogP contribution is -2.24. The van der Waals surface area contributed by atoms with Gasteiger partial charge in [0.1, 0.15) is 5.75 Å². The molecule has 0 heterocycles. The molecule has 0 unspecified atom stereocenters. The number of ether oxygens (including phenoxy) is 1. The van der Waals surface area contributed by atoms with Crippen molar-refractivity contribution in [3.63, 3.8) is 0 Å². The van der Waals surface area contributed by atoms with E-state index in [1.165, 1.54) is 16.7 Å². The number of carbonyl (C=O) groups excluding carboxylic acids is 1. The molecule has 1 amide bonds. The highest BCUT2D eigenvalue weighted by Crippen LogP contribution is 2.15. The first-order chi connectivity index (χ1) is 11.6. The van der Waals surface area contributed by atoms with Gasteiger partial charge in [0.15, 0.2) is 6.61 Å². The van der Waals surface area contributed by atoms with E-state index in [9.17, 15) is 4.79 Å². The van der Waals surface area contributed by atoms with Gasteiger partial charge < -0.3 is 15.4 Å². The Bertz CT molecular complexity index is 634. The van der Waals surface area contributed by atoms with Crippen LogP contribution in [0.3, 0.4) is 0 Å². The fourth-order valence-corrected chi connectivity index (χ4v) is 2.30. The summed E-state index contributed by atoms with van der Waals surface area (Å²) in [4.78, 5) is 11.1. The van der Waals surface area contributed by atoms with Gasteiger partial charge in [0.25, 0.3) is 5.91 Å². The van der Waals surface area contributed by atoms with Crippen molar-refractivity contribution in [2.24, 2.45) is 0 Å². The minimum atomic E-state index is -0.135. The van der Waals surface area contributed by atoms with Crippen LogP contribution in [0, 0.1) is 0 Å². The molecule has 0 aromatic heterocycles. The molecule has 0 bridgehead atoms. The molecule has 24 heavy (non-hydrogen) atoms. The Morgan fingerprint density at radius 2 is 1.50 bits per heavy atom. The van der Waals surface area contributed by atoms with E-state index in [0.29, 0.717) is 11.7 Å². The normalized spacial score (nSPS) is 10.7. The Balaban J connectivity index is 1.76. The fraction of sp³-hybridized carbons (Fsp3) is 0.350. The van der Waals surface area contributed by atoms with Crippen molar-refractivity contribution in [1.82, 2.24) is 10.6 Å². The van der Waals surface area contributed by atoms with Gasteiger partial charge in [0.05, 0.1) is 0 Å². The van der Waals surface area contributed by atoms with Crippen molar-refractivity contribution < 1.29 is 9.53 Å². The summed E-state index contributed by atoms with van der Waals surface area (Å²) in [5, 5.41) is 5.97. The molecule has 0 radical (unpaired) electrons. The van der Waals surface area contributed by atoms with E-state index in [2.05, 4.69) is 48.7 Å². The van der Waals surface area contributed by atoms with E-state index >= 15 is 0 Å². The number of rotatable bonds is 8. The topological polar surface area (TPSA) is 50.4 Å². The zero-order chi connectivity index (χ0) is 17.4. The number of hydrogen-bond donors (Lipinski definition) is 2. The van der Waals surface area contributed by atoms with Crippen molar-refractivity contribution in [2.45, 2.75) is 32.9 Å². The van der Waals surface area contributed by atoms with Crippen molar-refractivity contribution in [1.29, 1.82) is 0 Å². The van der Waals surface area contributed by atoms with E-state index in [-0.39, 0.29) is 12.5 Å². The summed E-state index contributed by atoms with van der Waals surface area (Å²) in [5.41, 5.74) is 3.83. The molecule has 2 aromatic rings. The van der Waals surface area contributed by atoms with Crippen LogP contribution in [-0.4, -0.2) is 19.6 Å². The predicted molar refractivity (Wildman–Crippen MR) is 97.1 cm³/mol. The summed E-state index contributed by atoms with van der Waals surface area (Å²) in [6, 6.07) is 16.5. The second kappa shape index (κ2) is 9.08. The number of likely N-dealkylation sites (N-methyl/N-ethyl adjacent to an activating group) is 1. The lowest BCUT2D eigenvalue weighted by Gasteiger charge is -2.09. The van der Waals surface area contributed by atoms with Gasteiger partial charge in [-0.05, 0) is 34.7 Å². The fourth-order valence-electron chi connectivity index (χ4n) is 2.30. The van der Waals surface area contributed by atoms with Crippen molar-refractivity contribution in [2.75, 3.05) is 13.7 Å². The second-order valence-electron chi connectivity index (χ2n) is 6.11. The summed E-state index contributed by atoms with van der Waals surface area (Å²) in [6.45, 7) is 6.08. The number of benzene rings is 2. The summed E-state index contributed by atoms with van der Waals surface area (Å²) in [7, 11) is 1.59. The summed E-state index contributed by atoms with van der Waals surface area (Å²) < 4.78 is 5.39. The van der Waals surface area contributed by atoms with Crippen LogP contribution in [0.5, 0.6) is 5.75 Å². The van der Waals surface area contributed by atoms with Crippen molar-refractivity contribution in [3.8, 4) is 5.75 Å². The molecule has 0 spiro atoms. The van der Waals surface area contributed by atoms with Crippen LogP contribution in [-0.2, 0) is 17.9 Å². The maximum absolute atomic E-state index is 11.1. The molecule has 4 heteroatoms. The molecule has 4 nitrogen and oxygen atoms in total. The Hall–Kier alpha value is -2.33. The minimum Gasteiger partial charge on any atom is -0.484 e. The van der Waals surface area contributed by atoms with Crippen molar-refractivity contribution >= 4 is 5.91 Å². The van der Waals surface area contributed by atoms with E-state index < -0.39 is 0 Å². The third-order valence-corrected chi connectivity index (χ3v) is 3.88.